The molecule has 6 nitrogen and oxygen atoms in total. The largest absolute Gasteiger partial charge is 0.381 e. The number of hydrogen-bond donors (Lipinski definition) is 1. The van der Waals surface area contributed by atoms with E-state index in [1.165, 1.54) is 12.1 Å². The monoisotopic (exact) mass is 430 g/mol. The molecular formula is C19H24ClFN2O4S. The SMILES string of the molecule is COC1CCC(OC(c2ccc(F)c(Cl)c2)c2nc(S(C)(=O)=O)c(C)[nH]2)CC1. The highest BCUT2D eigenvalue weighted by molar-refractivity contribution is 7.90. The van der Waals surface area contributed by atoms with Crippen LogP contribution < -0.4 is 0 Å². The van der Waals surface area contributed by atoms with Gasteiger partial charge in [-0.1, -0.05) is 17.7 Å². The van der Waals surface area contributed by atoms with Crippen LogP contribution in [0.3, 0.4) is 0 Å². The zero-order valence-electron chi connectivity index (χ0n) is 16.0. The summed E-state index contributed by atoms with van der Waals surface area (Å²) >= 11 is 5.96. The van der Waals surface area contributed by atoms with E-state index in [-0.39, 0.29) is 22.3 Å². The topological polar surface area (TPSA) is 81.3 Å². The molecule has 1 aromatic heterocycles. The number of benzene rings is 1. The molecule has 1 aliphatic carbocycles. The minimum Gasteiger partial charge on any atom is -0.381 e. The normalized spacial score (nSPS) is 21.6. The van der Waals surface area contributed by atoms with E-state index >= 15 is 0 Å². The molecule has 28 heavy (non-hydrogen) atoms. The van der Waals surface area contributed by atoms with Gasteiger partial charge in [0.15, 0.2) is 14.9 Å². The number of H-pyrrole nitrogens is 1. The fourth-order valence-electron chi connectivity index (χ4n) is 3.52. The molecule has 1 N–H and O–H groups in total. The number of ether oxygens (including phenoxy) is 2. The van der Waals surface area contributed by atoms with Crippen molar-refractivity contribution in [3.63, 3.8) is 0 Å². The molecule has 1 unspecified atom stereocenters. The third kappa shape index (κ3) is 4.74. The number of imidazole rings is 1. The molecule has 0 saturated heterocycles. The quantitative estimate of drug-likeness (QED) is 0.749. The molecule has 0 bridgehead atoms. The van der Waals surface area contributed by atoms with Gasteiger partial charge in [-0.3, -0.25) is 0 Å². The molecular weight excluding hydrogens is 407 g/mol. The molecule has 0 spiro atoms. The summed E-state index contributed by atoms with van der Waals surface area (Å²) in [5.74, 6) is -0.174. The predicted molar refractivity (Wildman–Crippen MR) is 104 cm³/mol. The van der Waals surface area contributed by atoms with Crippen LogP contribution in [0, 0.1) is 12.7 Å². The number of aromatic nitrogens is 2. The first kappa shape index (κ1) is 21.2. The lowest BCUT2D eigenvalue weighted by Crippen LogP contribution is -2.27. The van der Waals surface area contributed by atoms with Crippen molar-refractivity contribution in [2.75, 3.05) is 13.4 Å². The van der Waals surface area contributed by atoms with Crippen molar-refractivity contribution in [1.82, 2.24) is 9.97 Å². The van der Waals surface area contributed by atoms with Crippen LogP contribution >= 0.6 is 11.6 Å². The van der Waals surface area contributed by atoms with Gasteiger partial charge in [0.1, 0.15) is 17.7 Å². The highest BCUT2D eigenvalue weighted by Gasteiger charge is 2.29. The number of hydrogen-bond acceptors (Lipinski definition) is 5. The second-order valence-electron chi connectivity index (χ2n) is 7.15. The first-order valence-corrected chi connectivity index (χ1v) is 11.4. The number of aromatic amines is 1. The Morgan fingerprint density at radius 3 is 2.43 bits per heavy atom. The molecule has 0 amide bonds. The maximum atomic E-state index is 13.6. The Morgan fingerprint density at radius 2 is 1.89 bits per heavy atom. The lowest BCUT2D eigenvalue weighted by Gasteiger charge is -2.30. The van der Waals surface area contributed by atoms with Crippen molar-refractivity contribution >= 4 is 21.4 Å². The fourth-order valence-corrected chi connectivity index (χ4v) is 4.59. The van der Waals surface area contributed by atoms with Crippen LogP contribution in [-0.4, -0.2) is 44.0 Å². The van der Waals surface area contributed by atoms with Gasteiger partial charge >= 0.3 is 0 Å². The Labute approximate surface area is 169 Å². The van der Waals surface area contributed by atoms with Gasteiger partial charge in [-0.2, -0.15) is 0 Å². The summed E-state index contributed by atoms with van der Waals surface area (Å²) in [6, 6.07) is 4.33. The minimum absolute atomic E-state index is 0.0209. The van der Waals surface area contributed by atoms with Gasteiger partial charge in [-0.25, -0.2) is 17.8 Å². The third-order valence-electron chi connectivity index (χ3n) is 4.99. The summed E-state index contributed by atoms with van der Waals surface area (Å²) in [4.78, 5) is 7.29. The van der Waals surface area contributed by atoms with Crippen LogP contribution in [0.25, 0.3) is 0 Å². The molecule has 154 valence electrons. The summed E-state index contributed by atoms with van der Waals surface area (Å²) in [7, 11) is -1.79. The molecule has 0 aliphatic heterocycles. The first-order valence-electron chi connectivity index (χ1n) is 9.08. The Hall–Kier alpha value is -1.48. The number of aryl methyl sites for hydroxylation is 1. The summed E-state index contributed by atoms with van der Waals surface area (Å²) in [6.45, 7) is 1.64. The van der Waals surface area contributed by atoms with Gasteiger partial charge in [0.05, 0.1) is 22.9 Å². The molecule has 1 saturated carbocycles. The van der Waals surface area contributed by atoms with E-state index in [1.807, 2.05) is 0 Å². The molecule has 2 aromatic rings. The van der Waals surface area contributed by atoms with Gasteiger partial charge in [0.25, 0.3) is 0 Å². The van der Waals surface area contributed by atoms with Crippen molar-refractivity contribution < 1.29 is 22.3 Å². The lowest BCUT2D eigenvalue weighted by molar-refractivity contribution is -0.0443. The van der Waals surface area contributed by atoms with Crippen LogP contribution in [0.2, 0.25) is 5.02 Å². The van der Waals surface area contributed by atoms with Gasteiger partial charge in [0.2, 0.25) is 0 Å². The molecule has 1 aliphatic rings. The van der Waals surface area contributed by atoms with Crippen molar-refractivity contribution in [3.8, 4) is 0 Å². The van der Waals surface area contributed by atoms with Crippen molar-refractivity contribution in [2.45, 2.75) is 55.9 Å². The van der Waals surface area contributed by atoms with Crippen LogP contribution in [0.5, 0.6) is 0 Å². The third-order valence-corrected chi connectivity index (χ3v) is 6.38. The molecule has 0 radical (unpaired) electrons. The van der Waals surface area contributed by atoms with Crippen molar-refractivity contribution in [3.05, 3.63) is 46.1 Å². The Kier molecular flexibility index (Phi) is 6.44. The lowest BCUT2D eigenvalue weighted by atomic mass is 9.94. The number of nitrogens with zero attached hydrogens (tertiary/aromatic N) is 1. The van der Waals surface area contributed by atoms with Crippen LogP contribution in [-0.2, 0) is 19.3 Å². The maximum absolute atomic E-state index is 13.6. The highest BCUT2D eigenvalue weighted by atomic mass is 35.5. The number of methoxy groups -OCH3 is 1. The number of rotatable bonds is 6. The zero-order chi connectivity index (χ0) is 20.5. The van der Waals surface area contributed by atoms with Crippen molar-refractivity contribution in [2.24, 2.45) is 0 Å². The van der Waals surface area contributed by atoms with E-state index in [0.29, 0.717) is 17.1 Å². The van der Waals surface area contributed by atoms with Crippen LogP contribution in [0.4, 0.5) is 4.39 Å². The standard InChI is InChI=1S/C19H24ClFN2O4S/c1-11-19(28(3,24)25)23-18(22-11)17(12-4-9-16(21)15(20)10-12)27-14-7-5-13(26-2)6-8-14/h4,9-10,13-14,17H,5-8H2,1-3H3,(H,22,23). The smallest absolute Gasteiger partial charge is 0.194 e. The average Bonchev–Trinajstić information content (AvgIpc) is 3.04. The summed E-state index contributed by atoms with van der Waals surface area (Å²) < 4.78 is 49.3. The summed E-state index contributed by atoms with van der Waals surface area (Å²) in [5, 5.41) is -0.0480. The minimum atomic E-state index is -3.49. The highest BCUT2D eigenvalue weighted by Crippen LogP contribution is 2.33. The van der Waals surface area contributed by atoms with Crippen molar-refractivity contribution in [1.29, 1.82) is 0 Å². The molecule has 3 rings (SSSR count). The van der Waals surface area contributed by atoms with E-state index < -0.39 is 21.8 Å². The maximum Gasteiger partial charge on any atom is 0.194 e. The Balaban J connectivity index is 1.94. The molecule has 1 fully saturated rings. The Morgan fingerprint density at radius 1 is 1.25 bits per heavy atom. The molecule has 9 heteroatoms. The second-order valence-corrected chi connectivity index (χ2v) is 9.49. The van der Waals surface area contributed by atoms with Gasteiger partial charge in [-0.15, -0.1) is 0 Å². The average molecular weight is 431 g/mol. The van der Waals surface area contributed by atoms with Gasteiger partial charge in [0, 0.05) is 13.4 Å². The number of sulfone groups is 1. The van der Waals surface area contributed by atoms with Gasteiger partial charge < -0.3 is 14.5 Å². The van der Waals surface area contributed by atoms with E-state index in [2.05, 4.69) is 9.97 Å². The van der Waals surface area contributed by atoms with E-state index in [1.54, 1.807) is 20.1 Å². The first-order chi connectivity index (χ1) is 13.2. The fraction of sp³-hybridized carbons (Fsp3) is 0.526. The van der Waals surface area contributed by atoms with Crippen LogP contribution in [0.15, 0.2) is 23.2 Å². The van der Waals surface area contributed by atoms with Crippen LogP contribution in [0.1, 0.15) is 48.9 Å². The zero-order valence-corrected chi connectivity index (χ0v) is 17.6. The predicted octanol–water partition coefficient (Wildman–Crippen LogP) is 3.98. The van der Waals surface area contributed by atoms with E-state index in [0.717, 1.165) is 31.9 Å². The van der Waals surface area contributed by atoms with E-state index in [9.17, 15) is 12.8 Å². The summed E-state index contributed by atoms with van der Waals surface area (Å²) in [6.07, 6.45) is 3.97. The van der Waals surface area contributed by atoms with Gasteiger partial charge in [-0.05, 0) is 50.3 Å². The molecule has 1 aromatic carbocycles. The summed E-state index contributed by atoms with van der Waals surface area (Å²) in [5.41, 5.74) is 1.04. The molecule has 1 heterocycles. The number of halogens is 2. The Bertz CT molecular complexity index is 939. The second kappa shape index (κ2) is 8.49. The molecule has 1 atom stereocenters. The number of nitrogens with one attached hydrogen (secondary N) is 1. The van der Waals surface area contributed by atoms with E-state index in [4.69, 9.17) is 21.1 Å².